The van der Waals surface area contributed by atoms with Crippen LogP contribution in [-0.2, 0) is 23.9 Å². The van der Waals surface area contributed by atoms with Gasteiger partial charge in [-0.3, -0.25) is 14.4 Å². The number of fused-ring (bicyclic) bond motifs is 2. The van der Waals surface area contributed by atoms with E-state index in [1.54, 1.807) is 0 Å². The minimum atomic E-state index is -1.38. The number of hydrogen-bond donors (Lipinski definition) is 1. The molecule has 5 rings (SSSR count). The first-order valence-corrected chi connectivity index (χ1v) is 14.9. The Morgan fingerprint density at radius 2 is 1.80 bits per heavy atom. The third kappa shape index (κ3) is 4.49. The molecule has 216 valence electrons. The van der Waals surface area contributed by atoms with E-state index >= 15 is 0 Å². The first kappa shape index (κ1) is 28.6. The van der Waals surface area contributed by atoms with Crippen LogP contribution >= 0.6 is 0 Å². The molecule has 8 nitrogen and oxygen atoms in total. The second-order valence-corrected chi connectivity index (χ2v) is 11.6. The third-order valence-electron chi connectivity index (χ3n) is 9.28. The number of aliphatic hydroxyl groups is 1. The molecular weight excluding hydrogens is 508 g/mol. The van der Waals surface area contributed by atoms with E-state index in [1.165, 1.54) is 4.90 Å². The Kier molecular flexibility index (Phi) is 8.20. The number of allylic oxidation sites excluding steroid dienone is 1. The number of rotatable bonds is 7. The van der Waals surface area contributed by atoms with E-state index in [4.69, 9.17) is 9.47 Å². The smallest absolute Gasteiger partial charge is 0.313 e. The molecule has 0 bridgehead atoms. The van der Waals surface area contributed by atoms with Gasteiger partial charge in [0.2, 0.25) is 11.8 Å². The number of carbonyl (C=O) groups excluding carboxylic acids is 3. The number of benzene rings is 1. The summed E-state index contributed by atoms with van der Waals surface area (Å²) in [5.74, 6) is -2.93. The molecule has 2 amide bonds. The molecular formula is C32H42N2O6. The second-order valence-electron chi connectivity index (χ2n) is 11.6. The molecule has 1 aromatic rings. The molecule has 1 aromatic carbocycles. The zero-order chi connectivity index (χ0) is 28.5. The predicted molar refractivity (Wildman–Crippen MR) is 150 cm³/mol. The summed E-state index contributed by atoms with van der Waals surface area (Å²) in [5, 5.41) is 10.7. The molecule has 0 aliphatic carbocycles. The van der Waals surface area contributed by atoms with Gasteiger partial charge in [0.25, 0.3) is 0 Å². The van der Waals surface area contributed by atoms with Crippen molar-refractivity contribution in [3.05, 3.63) is 60.2 Å². The molecule has 4 heterocycles. The van der Waals surface area contributed by atoms with Crippen LogP contribution in [0.15, 0.2) is 54.6 Å². The van der Waals surface area contributed by atoms with Crippen LogP contribution in [0.1, 0.15) is 70.9 Å². The first-order chi connectivity index (χ1) is 19.3. The van der Waals surface area contributed by atoms with Crippen LogP contribution in [0.5, 0.6) is 0 Å². The summed E-state index contributed by atoms with van der Waals surface area (Å²) in [6, 6.07) is 7.40. The summed E-state index contributed by atoms with van der Waals surface area (Å²) in [6.45, 7) is 6.35. The summed E-state index contributed by atoms with van der Waals surface area (Å²) >= 11 is 0. The molecule has 1 spiro atoms. The maximum absolute atomic E-state index is 14.7. The highest BCUT2D eigenvalue weighted by Crippen LogP contribution is 2.59. The monoisotopic (exact) mass is 550 g/mol. The van der Waals surface area contributed by atoms with E-state index in [1.807, 2.05) is 73.4 Å². The molecule has 2 saturated heterocycles. The Bertz CT molecular complexity index is 1170. The van der Waals surface area contributed by atoms with Crippen LogP contribution in [-0.4, -0.2) is 75.7 Å². The zero-order valence-electron chi connectivity index (χ0n) is 23.8. The van der Waals surface area contributed by atoms with Gasteiger partial charge in [-0.15, -0.1) is 0 Å². The van der Waals surface area contributed by atoms with Crippen molar-refractivity contribution in [1.82, 2.24) is 9.80 Å². The van der Waals surface area contributed by atoms with Gasteiger partial charge in [-0.05, 0) is 44.6 Å². The van der Waals surface area contributed by atoms with Gasteiger partial charge in [0.05, 0.1) is 25.2 Å². The molecule has 8 heteroatoms. The summed E-state index contributed by atoms with van der Waals surface area (Å²) in [7, 11) is 0. The van der Waals surface area contributed by atoms with Crippen molar-refractivity contribution in [1.29, 1.82) is 0 Å². The van der Waals surface area contributed by atoms with Crippen molar-refractivity contribution in [3.8, 4) is 0 Å². The summed E-state index contributed by atoms with van der Waals surface area (Å²) < 4.78 is 12.8. The molecule has 40 heavy (non-hydrogen) atoms. The number of aliphatic hydroxyl groups excluding tert-OH is 1. The zero-order valence-corrected chi connectivity index (χ0v) is 23.8. The summed E-state index contributed by atoms with van der Waals surface area (Å²) in [4.78, 5) is 46.4. The van der Waals surface area contributed by atoms with Crippen molar-refractivity contribution in [2.24, 2.45) is 11.8 Å². The fraction of sp³-hybridized carbons (Fsp3) is 0.594. The number of nitrogens with zero attached hydrogens (tertiary/aromatic N) is 2. The van der Waals surface area contributed by atoms with Crippen molar-refractivity contribution in [2.75, 3.05) is 19.8 Å². The highest BCUT2D eigenvalue weighted by Gasteiger charge is 2.76. The lowest BCUT2D eigenvalue weighted by molar-refractivity contribution is -0.164. The quantitative estimate of drug-likeness (QED) is 0.408. The van der Waals surface area contributed by atoms with E-state index in [-0.39, 0.29) is 31.1 Å². The molecule has 4 aliphatic heterocycles. The number of carbonyl (C=O) groups is 3. The van der Waals surface area contributed by atoms with Gasteiger partial charge >= 0.3 is 5.97 Å². The van der Waals surface area contributed by atoms with Crippen LogP contribution in [0.4, 0.5) is 0 Å². The van der Waals surface area contributed by atoms with Crippen LogP contribution in [0.2, 0.25) is 0 Å². The molecule has 7 atom stereocenters. The Balaban J connectivity index is 1.70. The molecule has 0 aromatic heterocycles. The number of cyclic esters (lactones) is 1. The average Bonchev–Trinajstić information content (AvgIpc) is 3.31. The fourth-order valence-electron chi connectivity index (χ4n) is 7.33. The van der Waals surface area contributed by atoms with E-state index in [0.29, 0.717) is 13.0 Å². The van der Waals surface area contributed by atoms with Gasteiger partial charge in [0, 0.05) is 12.6 Å². The number of likely N-dealkylation sites (tertiary alicyclic amines) is 1. The normalized spacial score (nSPS) is 34.4. The van der Waals surface area contributed by atoms with Gasteiger partial charge in [0.15, 0.2) is 0 Å². The SMILES string of the molecule is CCCC(C)N1CC=C[C@]23O[C@@]4(CC)/C=C\CCCCOC(=O)[C@H]4[C@H]2C(=O)N([C@H](CO)c2ccccc2)C3C1=O. The van der Waals surface area contributed by atoms with Crippen LogP contribution in [0.3, 0.4) is 0 Å². The number of amides is 2. The first-order valence-electron chi connectivity index (χ1n) is 14.9. The van der Waals surface area contributed by atoms with E-state index in [2.05, 4.69) is 6.92 Å². The minimum absolute atomic E-state index is 0.0512. The lowest BCUT2D eigenvalue weighted by Gasteiger charge is -2.41. The molecule has 1 N–H and O–H groups in total. The van der Waals surface area contributed by atoms with E-state index in [9.17, 15) is 19.5 Å². The number of hydrogen-bond acceptors (Lipinski definition) is 6. The number of esters is 1. The van der Waals surface area contributed by atoms with Gasteiger partial charge < -0.3 is 24.4 Å². The average molecular weight is 551 g/mol. The van der Waals surface area contributed by atoms with Crippen molar-refractivity contribution in [2.45, 2.75) is 88.6 Å². The lowest BCUT2D eigenvalue weighted by Crippen LogP contribution is -2.58. The van der Waals surface area contributed by atoms with Gasteiger partial charge in [-0.1, -0.05) is 74.9 Å². The topological polar surface area (TPSA) is 96.4 Å². The highest BCUT2D eigenvalue weighted by atomic mass is 16.6. The van der Waals surface area contributed by atoms with Gasteiger partial charge in [0.1, 0.15) is 23.2 Å². The predicted octanol–water partition coefficient (Wildman–Crippen LogP) is 3.95. The maximum atomic E-state index is 14.7. The molecule has 0 saturated carbocycles. The Hall–Kier alpha value is -2.97. The third-order valence-corrected chi connectivity index (χ3v) is 9.28. The van der Waals surface area contributed by atoms with Crippen LogP contribution < -0.4 is 0 Å². The lowest BCUT2D eigenvalue weighted by atomic mass is 9.73. The summed E-state index contributed by atoms with van der Waals surface area (Å²) in [6.07, 6.45) is 12.4. The Morgan fingerprint density at radius 3 is 2.50 bits per heavy atom. The highest BCUT2D eigenvalue weighted by molar-refractivity contribution is 5.99. The minimum Gasteiger partial charge on any atom is -0.465 e. The van der Waals surface area contributed by atoms with Crippen molar-refractivity contribution in [3.63, 3.8) is 0 Å². The van der Waals surface area contributed by atoms with E-state index in [0.717, 1.165) is 37.7 Å². The van der Waals surface area contributed by atoms with Gasteiger partial charge in [-0.25, -0.2) is 0 Å². The standard InChI is InChI=1S/C32H42N2O6/c1-4-14-22(3)33-19-13-18-32-25(26-30(38)39-20-12-7-6-11-17-31(26,5-2)40-32)28(36)34(27(32)29(33)37)24(21-35)23-15-9-8-10-16-23/h8-11,13,15-18,22,24-27,35H,4-7,12,14,19-21H2,1-3H3/b17-11-/t22?,24-,25+,26-,27?,31+,32+/m1/s1. The van der Waals surface area contributed by atoms with Crippen molar-refractivity contribution >= 4 is 17.8 Å². The van der Waals surface area contributed by atoms with Gasteiger partial charge in [-0.2, -0.15) is 0 Å². The molecule has 2 unspecified atom stereocenters. The Morgan fingerprint density at radius 1 is 1.02 bits per heavy atom. The second kappa shape index (κ2) is 11.5. The van der Waals surface area contributed by atoms with Crippen molar-refractivity contribution < 1.29 is 29.0 Å². The Labute approximate surface area is 237 Å². The maximum Gasteiger partial charge on any atom is 0.313 e. The van der Waals surface area contributed by atoms with Crippen LogP contribution in [0.25, 0.3) is 0 Å². The molecule has 0 radical (unpaired) electrons. The largest absolute Gasteiger partial charge is 0.465 e. The van der Waals surface area contributed by atoms with E-state index < -0.39 is 41.1 Å². The summed E-state index contributed by atoms with van der Waals surface area (Å²) in [5.41, 5.74) is -1.75. The molecule has 2 fully saturated rings. The fourth-order valence-corrected chi connectivity index (χ4v) is 7.33. The number of ether oxygens (including phenoxy) is 2. The molecule has 4 aliphatic rings. The van der Waals surface area contributed by atoms with Crippen LogP contribution in [0, 0.1) is 11.8 Å².